The first kappa shape index (κ1) is 9.33. The second kappa shape index (κ2) is 3.49. The standard InChI is InChI=1S/C9H15N3O2/c1-6(2)14-9-8(10)3-12(11-9)7-4-13-5-7/h3,6-7H,4-5,10H2,1-2H3. The van der Waals surface area contributed by atoms with Crippen LogP contribution >= 0.6 is 0 Å². The number of ether oxygens (including phenoxy) is 2. The molecule has 1 saturated heterocycles. The molecule has 1 aromatic heterocycles. The molecule has 0 bridgehead atoms. The van der Waals surface area contributed by atoms with Crippen molar-refractivity contribution < 1.29 is 9.47 Å². The molecule has 0 atom stereocenters. The Morgan fingerprint density at radius 1 is 1.64 bits per heavy atom. The van der Waals surface area contributed by atoms with E-state index in [-0.39, 0.29) is 6.10 Å². The van der Waals surface area contributed by atoms with E-state index in [0.717, 1.165) is 0 Å². The zero-order valence-electron chi connectivity index (χ0n) is 8.43. The minimum Gasteiger partial charge on any atom is -0.472 e. The summed E-state index contributed by atoms with van der Waals surface area (Å²) in [7, 11) is 0. The molecule has 0 radical (unpaired) electrons. The second-order valence-corrected chi connectivity index (χ2v) is 3.73. The van der Waals surface area contributed by atoms with Crippen LogP contribution in [0.5, 0.6) is 5.88 Å². The third kappa shape index (κ3) is 1.68. The number of nitrogen functional groups attached to an aromatic ring is 1. The Morgan fingerprint density at radius 2 is 2.36 bits per heavy atom. The van der Waals surface area contributed by atoms with Gasteiger partial charge in [-0.3, -0.25) is 4.68 Å². The Bertz CT molecular complexity index is 318. The van der Waals surface area contributed by atoms with E-state index in [4.69, 9.17) is 15.2 Å². The minimum absolute atomic E-state index is 0.0956. The normalized spacial score (nSPS) is 17.1. The maximum Gasteiger partial charge on any atom is 0.256 e. The highest BCUT2D eigenvalue weighted by molar-refractivity contribution is 5.46. The third-order valence-corrected chi connectivity index (χ3v) is 2.07. The number of hydrogen-bond acceptors (Lipinski definition) is 4. The SMILES string of the molecule is CC(C)Oc1nn(C2COC2)cc1N. The van der Waals surface area contributed by atoms with Gasteiger partial charge in [-0.15, -0.1) is 5.10 Å². The Hall–Kier alpha value is -1.23. The second-order valence-electron chi connectivity index (χ2n) is 3.73. The van der Waals surface area contributed by atoms with Crippen LogP contribution in [0.4, 0.5) is 5.69 Å². The first-order chi connectivity index (χ1) is 6.66. The predicted molar refractivity (Wildman–Crippen MR) is 52.3 cm³/mol. The van der Waals surface area contributed by atoms with E-state index in [1.807, 2.05) is 18.5 Å². The van der Waals surface area contributed by atoms with Crippen molar-refractivity contribution in [2.75, 3.05) is 18.9 Å². The molecule has 5 nitrogen and oxygen atoms in total. The van der Waals surface area contributed by atoms with E-state index in [1.165, 1.54) is 0 Å². The Morgan fingerprint density at radius 3 is 2.86 bits per heavy atom. The molecule has 2 heterocycles. The molecule has 1 aliphatic rings. The van der Waals surface area contributed by atoms with Gasteiger partial charge in [0.15, 0.2) is 0 Å². The van der Waals surface area contributed by atoms with Crippen LogP contribution in [-0.4, -0.2) is 29.1 Å². The van der Waals surface area contributed by atoms with Crippen molar-refractivity contribution in [1.82, 2.24) is 9.78 Å². The Kier molecular flexibility index (Phi) is 2.33. The van der Waals surface area contributed by atoms with Crippen molar-refractivity contribution >= 4 is 5.69 Å². The lowest BCUT2D eigenvalue weighted by Gasteiger charge is -2.25. The van der Waals surface area contributed by atoms with Crippen molar-refractivity contribution in [3.63, 3.8) is 0 Å². The summed E-state index contributed by atoms with van der Waals surface area (Å²) in [5, 5.41) is 4.26. The highest BCUT2D eigenvalue weighted by Gasteiger charge is 2.23. The number of hydrogen-bond donors (Lipinski definition) is 1. The van der Waals surface area contributed by atoms with Crippen LogP contribution in [0.2, 0.25) is 0 Å². The summed E-state index contributed by atoms with van der Waals surface area (Å²) in [5.41, 5.74) is 6.35. The number of rotatable bonds is 3. The topological polar surface area (TPSA) is 62.3 Å². The van der Waals surface area contributed by atoms with Gasteiger partial charge in [0, 0.05) is 0 Å². The molecular formula is C9H15N3O2. The molecule has 2 N–H and O–H groups in total. The molecule has 0 aliphatic carbocycles. The van der Waals surface area contributed by atoms with E-state index < -0.39 is 0 Å². The van der Waals surface area contributed by atoms with Crippen molar-refractivity contribution in [2.45, 2.75) is 26.0 Å². The van der Waals surface area contributed by atoms with Crippen molar-refractivity contribution in [3.05, 3.63) is 6.20 Å². The molecule has 0 saturated carbocycles. The van der Waals surface area contributed by atoms with Crippen molar-refractivity contribution in [2.24, 2.45) is 0 Å². The van der Waals surface area contributed by atoms with Gasteiger partial charge < -0.3 is 15.2 Å². The summed E-state index contributed by atoms with van der Waals surface area (Å²) in [6, 6.07) is 0.321. The minimum atomic E-state index is 0.0956. The van der Waals surface area contributed by atoms with Crippen LogP contribution in [0, 0.1) is 0 Å². The zero-order valence-corrected chi connectivity index (χ0v) is 8.43. The highest BCUT2D eigenvalue weighted by Crippen LogP contribution is 2.24. The van der Waals surface area contributed by atoms with E-state index >= 15 is 0 Å². The molecule has 0 spiro atoms. The molecule has 0 amide bonds. The fourth-order valence-electron chi connectivity index (χ4n) is 1.27. The maximum absolute atomic E-state index is 5.76. The van der Waals surface area contributed by atoms with Gasteiger partial charge in [0.1, 0.15) is 5.69 Å². The van der Waals surface area contributed by atoms with Crippen LogP contribution in [0.3, 0.4) is 0 Å². The first-order valence-corrected chi connectivity index (χ1v) is 4.76. The lowest BCUT2D eigenvalue weighted by Crippen LogP contribution is -2.30. The molecule has 1 fully saturated rings. The van der Waals surface area contributed by atoms with Gasteiger partial charge in [-0.05, 0) is 13.8 Å². The number of aromatic nitrogens is 2. The lowest BCUT2D eigenvalue weighted by molar-refractivity contribution is -0.0291. The fraction of sp³-hybridized carbons (Fsp3) is 0.667. The van der Waals surface area contributed by atoms with Crippen LogP contribution < -0.4 is 10.5 Å². The summed E-state index contributed by atoms with van der Waals surface area (Å²) in [5.74, 6) is 0.520. The van der Waals surface area contributed by atoms with Crippen LogP contribution in [0.25, 0.3) is 0 Å². The summed E-state index contributed by atoms with van der Waals surface area (Å²) in [6.07, 6.45) is 1.89. The quantitative estimate of drug-likeness (QED) is 0.779. The van der Waals surface area contributed by atoms with Gasteiger partial charge in [0.05, 0.1) is 31.6 Å². The van der Waals surface area contributed by atoms with Gasteiger partial charge in [0.2, 0.25) is 0 Å². The highest BCUT2D eigenvalue weighted by atomic mass is 16.5. The lowest BCUT2D eigenvalue weighted by atomic mass is 10.3. The van der Waals surface area contributed by atoms with E-state index in [9.17, 15) is 0 Å². The average molecular weight is 197 g/mol. The van der Waals surface area contributed by atoms with Crippen molar-refractivity contribution in [3.8, 4) is 5.88 Å². The number of nitrogens with zero attached hydrogens (tertiary/aromatic N) is 2. The fourth-order valence-corrected chi connectivity index (χ4v) is 1.27. The van der Waals surface area contributed by atoms with Crippen LogP contribution in [0.15, 0.2) is 6.20 Å². The molecule has 0 aromatic carbocycles. The summed E-state index contributed by atoms with van der Waals surface area (Å²) < 4.78 is 12.3. The monoisotopic (exact) mass is 197 g/mol. The van der Waals surface area contributed by atoms with Gasteiger partial charge >= 0.3 is 0 Å². The van der Waals surface area contributed by atoms with Crippen LogP contribution in [0.1, 0.15) is 19.9 Å². The molecule has 78 valence electrons. The maximum atomic E-state index is 5.76. The molecule has 2 rings (SSSR count). The van der Waals surface area contributed by atoms with Crippen molar-refractivity contribution in [1.29, 1.82) is 0 Å². The molecular weight excluding hydrogens is 182 g/mol. The average Bonchev–Trinajstić information content (AvgIpc) is 2.27. The predicted octanol–water partition coefficient (Wildman–Crippen LogP) is 0.824. The van der Waals surface area contributed by atoms with Gasteiger partial charge in [-0.2, -0.15) is 0 Å². The first-order valence-electron chi connectivity index (χ1n) is 4.76. The van der Waals surface area contributed by atoms with Crippen LogP contribution in [-0.2, 0) is 4.74 Å². The number of nitrogens with two attached hydrogens (primary N) is 1. The molecule has 1 aliphatic heterocycles. The van der Waals surface area contributed by atoms with E-state index in [2.05, 4.69) is 5.10 Å². The van der Waals surface area contributed by atoms with E-state index in [0.29, 0.717) is 30.8 Å². The smallest absolute Gasteiger partial charge is 0.256 e. The summed E-state index contributed by atoms with van der Waals surface area (Å²) in [4.78, 5) is 0. The molecule has 5 heteroatoms. The Labute approximate surface area is 82.8 Å². The summed E-state index contributed by atoms with van der Waals surface area (Å²) in [6.45, 7) is 5.32. The zero-order chi connectivity index (χ0) is 10.1. The van der Waals surface area contributed by atoms with Gasteiger partial charge in [-0.1, -0.05) is 0 Å². The van der Waals surface area contributed by atoms with E-state index in [1.54, 1.807) is 6.20 Å². The van der Waals surface area contributed by atoms with Gasteiger partial charge in [0.25, 0.3) is 5.88 Å². The molecule has 14 heavy (non-hydrogen) atoms. The molecule has 0 unspecified atom stereocenters. The third-order valence-electron chi connectivity index (χ3n) is 2.07. The largest absolute Gasteiger partial charge is 0.472 e. The van der Waals surface area contributed by atoms with Gasteiger partial charge in [-0.25, -0.2) is 0 Å². The number of anilines is 1. The molecule has 1 aromatic rings. The summed E-state index contributed by atoms with van der Waals surface area (Å²) >= 11 is 0. The Balaban J connectivity index is 2.12.